The predicted octanol–water partition coefficient (Wildman–Crippen LogP) is 3.18. The van der Waals surface area contributed by atoms with Crippen molar-refractivity contribution in [2.45, 2.75) is 25.6 Å². The third-order valence-corrected chi connectivity index (χ3v) is 3.22. The van der Waals surface area contributed by atoms with Crippen molar-refractivity contribution < 1.29 is 0 Å². The zero-order valence-electron chi connectivity index (χ0n) is 10.1. The second kappa shape index (κ2) is 5.24. The summed E-state index contributed by atoms with van der Waals surface area (Å²) in [5.74, 6) is 2.01. The maximum atomic E-state index is 8.89. The molecule has 0 spiro atoms. The van der Waals surface area contributed by atoms with Crippen molar-refractivity contribution in [2.75, 3.05) is 6.26 Å². The van der Waals surface area contributed by atoms with Gasteiger partial charge in [-0.3, -0.25) is 0 Å². The molecule has 0 atom stereocenters. The van der Waals surface area contributed by atoms with E-state index in [0.29, 0.717) is 5.56 Å². The summed E-state index contributed by atoms with van der Waals surface area (Å²) < 4.78 is 2.26. The molecule has 0 N–H and O–H groups in total. The molecule has 4 heteroatoms. The number of thioether (sulfide) groups is 1. The molecule has 2 rings (SSSR count). The lowest BCUT2D eigenvalue weighted by Crippen LogP contribution is -2.01. The summed E-state index contributed by atoms with van der Waals surface area (Å²) >= 11 is 1.77. The van der Waals surface area contributed by atoms with Gasteiger partial charge in [0.05, 0.1) is 28.4 Å². The Labute approximate surface area is 105 Å². The first kappa shape index (κ1) is 12.0. The summed E-state index contributed by atoms with van der Waals surface area (Å²) in [4.78, 5) is 4.62. The highest BCUT2D eigenvalue weighted by atomic mass is 32.2. The minimum Gasteiger partial charge on any atom is -0.327 e. The molecule has 0 unspecified atom stereocenters. The molecule has 2 aromatic rings. The van der Waals surface area contributed by atoms with Crippen LogP contribution in [0.1, 0.15) is 24.7 Å². The molecule has 0 saturated carbocycles. The van der Waals surface area contributed by atoms with Gasteiger partial charge < -0.3 is 4.57 Å². The van der Waals surface area contributed by atoms with E-state index >= 15 is 0 Å². The molecule has 3 nitrogen and oxygen atoms in total. The van der Waals surface area contributed by atoms with E-state index in [1.165, 1.54) is 0 Å². The molecule has 0 aliphatic heterocycles. The van der Waals surface area contributed by atoms with Crippen molar-refractivity contribution in [1.82, 2.24) is 9.55 Å². The number of rotatable bonds is 4. The van der Waals surface area contributed by atoms with Crippen LogP contribution >= 0.6 is 11.8 Å². The summed E-state index contributed by atoms with van der Waals surface area (Å²) in [6.45, 7) is 3.15. The van der Waals surface area contributed by atoms with Crippen molar-refractivity contribution >= 4 is 22.8 Å². The Bertz CT molecular complexity index is 566. The van der Waals surface area contributed by atoms with Crippen LogP contribution in [-0.2, 0) is 12.3 Å². The molecule has 1 aromatic carbocycles. The van der Waals surface area contributed by atoms with E-state index in [0.717, 1.165) is 35.6 Å². The average molecular weight is 245 g/mol. The first-order chi connectivity index (χ1) is 8.30. The Kier molecular flexibility index (Phi) is 3.70. The molecule has 1 aromatic heterocycles. The van der Waals surface area contributed by atoms with Crippen LogP contribution < -0.4 is 0 Å². The van der Waals surface area contributed by atoms with Crippen molar-refractivity contribution in [3.8, 4) is 6.07 Å². The Morgan fingerprint density at radius 1 is 1.47 bits per heavy atom. The van der Waals surface area contributed by atoms with Crippen LogP contribution in [0.2, 0.25) is 0 Å². The van der Waals surface area contributed by atoms with Gasteiger partial charge in [0.1, 0.15) is 5.82 Å². The molecular formula is C13H15N3S. The molecule has 88 valence electrons. The van der Waals surface area contributed by atoms with E-state index in [4.69, 9.17) is 5.26 Å². The first-order valence-electron chi connectivity index (χ1n) is 5.68. The lowest BCUT2D eigenvalue weighted by molar-refractivity contribution is 0.673. The zero-order valence-corrected chi connectivity index (χ0v) is 10.9. The van der Waals surface area contributed by atoms with Gasteiger partial charge in [0.2, 0.25) is 0 Å². The van der Waals surface area contributed by atoms with E-state index in [-0.39, 0.29) is 0 Å². The second-order valence-corrected chi connectivity index (χ2v) is 4.79. The van der Waals surface area contributed by atoms with Gasteiger partial charge in [-0.05, 0) is 30.9 Å². The lowest BCUT2D eigenvalue weighted by Gasteiger charge is -2.06. The van der Waals surface area contributed by atoms with E-state index in [2.05, 4.69) is 28.8 Å². The van der Waals surface area contributed by atoms with E-state index < -0.39 is 0 Å². The number of hydrogen-bond acceptors (Lipinski definition) is 3. The smallest absolute Gasteiger partial charge is 0.119 e. The Hall–Kier alpha value is -1.47. The predicted molar refractivity (Wildman–Crippen MR) is 72.0 cm³/mol. The molecule has 0 fully saturated rings. The summed E-state index contributed by atoms with van der Waals surface area (Å²) in [7, 11) is 0. The summed E-state index contributed by atoms with van der Waals surface area (Å²) in [6, 6.07) is 7.88. The van der Waals surface area contributed by atoms with Crippen molar-refractivity contribution in [3.05, 3.63) is 29.6 Å². The number of benzene rings is 1. The molecule has 0 aliphatic carbocycles. The fourth-order valence-electron chi connectivity index (χ4n) is 1.96. The maximum absolute atomic E-state index is 8.89. The van der Waals surface area contributed by atoms with Crippen molar-refractivity contribution in [1.29, 1.82) is 5.26 Å². The topological polar surface area (TPSA) is 41.6 Å². The molecule has 17 heavy (non-hydrogen) atoms. The lowest BCUT2D eigenvalue weighted by atomic mass is 10.2. The van der Waals surface area contributed by atoms with Crippen LogP contribution in [0.5, 0.6) is 0 Å². The normalized spacial score (nSPS) is 10.6. The van der Waals surface area contributed by atoms with Gasteiger partial charge in [0.25, 0.3) is 0 Å². The van der Waals surface area contributed by atoms with Gasteiger partial charge in [-0.1, -0.05) is 6.92 Å². The molecule has 0 aliphatic rings. The highest BCUT2D eigenvalue weighted by molar-refractivity contribution is 7.97. The highest BCUT2D eigenvalue weighted by Gasteiger charge is 2.09. The standard InChI is InChI=1S/C13H15N3S/c1-3-6-16-12-5-4-10(8-14)7-11(12)15-13(16)9-17-2/h4-5,7H,3,6,9H2,1-2H3. The molecule has 0 radical (unpaired) electrons. The molecule has 0 amide bonds. The number of hydrogen-bond donors (Lipinski definition) is 0. The van der Waals surface area contributed by atoms with Gasteiger partial charge in [0, 0.05) is 6.54 Å². The monoisotopic (exact) mass is 245 g/mol. The second-order valence-electron chi connectivity index (χ2n) is 3.93. The van der Waals surface area contributed by atoms with E-state index in [9.17, 15) is 0 Å². The Morgan fingerprint density at radius 2 is 2.29 bits per heavy atom. The summed E-state index contributed by atoms with van der Waals surface area (Å²) in [6.07, 6.45) is 3.17. The van der Waals surface area contributed by atoms with Gasteiger partial charge in [-0.25, -0.2) is 4.98 Å². The first-order valence-corrected chi connectivity index (χ1v) is 7.07. The number of imidazole rings is 1. The molecule has 0 saturated heterocycles. The van der Waals surface area contributed by atoms with Crippen molar-refractivity contribution in [2.24, 2.45) is 0 Å². The average Bonchev–Trinajstić information content (AvgIpc) is 2.68. The van der Waals surface area contributed by atoms with Gasteiger partial charge >= 0.3 is 0 Å². The highest BCUT2D eigenvalue weighted by Crippen LogP contribution is 2.20. The largest absolute Gasteiger partial charge is 0.327 e. The molecule has 1 heterocycles. The van der Waals surface area contributed by atoms with Gasteiger partial charge in [-0.2, -0.15) is 17.0 Å². The SMILES string of the molecule is CCCn1c(CSC)nc2cc(C#N)ccc21. The van der Waals surface area contributed by atoms with Crippen LogP contribution in [0.3, 0.4) is 0 Å². The number of fused-ring (bicyclic) bond motifs is 1. The molecule has 0 bridgehead atoms. The number of nitrogens with zero attached hydrogens (tertiary/aromatic N) is 3. The number of aromatic nitrogens is 2. The number of aryl methyl sites for hydroxylation is 1. The Balaban J connectivity index is 2.57. The number of nitriles is 1. The molecular weight excluding hydrogens is 230 g/mol. The van der Waals surface area contributed by atoms with E-state index in [1.807, 2.05) is 18.2 Å². The van der Waals surface area contributed by atoms with Gasteiger partial charge in [0.15, 0.2) is 0 Å². The van der Waals surface area contributed by atoms with Crippen LogP contribution in [0, 0.1) is 11.3 Å². The van der Waals surface area contributed by atoms with Crippen LogP contribution in [0.15, 0.2) is 18.2 Å². The van der Waals surface area contributed by atoms with E-state index in [1.54, 1.807) is 11.8 Å². The van der Waals surface area contributed by atoms with Crippen molar-refractivity contribution in [3.63, 3.8) is 0 Å². The third-order valence-electron chi connectivity index (χ3n) is 2.68. The fourth-order valence-corrected chi connectivity index (χ4v) is 2.44. The Morgan fingerprint density at radius 3 is 2.94 bits per heavy atom. The van der Waals surface area contributed by atoms with Gasteiger partial charge in [-0.15, -0.1) is 0 Å². The van der Waals surface area contributed by atoms with Crippen LogP contribution in [0.25, 0.3) is 11.0 Å². The third kappa shape index (κ3) is 2.29. The quantitative estimate of drug-likeness (QED) is 0.830. The summed E-state index contributed by atoms with van der Waals surface area (Å²) in [5.41, 5.74) is 2.74. The maximum Gasteiger partial charge on any atom is 0.119 e. The fraction of sp³-hybridized carbons (Fsp3) is 0.385. The summed E-state index contributed by atoms with van der Waals surface area (Å²) in [5, 5.41) is 8.89. The minimum absolute atomic E-state index is 0.675. The van der Waals surface area contributed by atoms with Crippen LogP contribution in [-0.4, -0.2) is 15.8 Å². The van der Waals surface area contributed by atoms with Crippen LogP contribution in [0.4, 0.5) is 0 Å². The zero-order chi connectivity index (χ0) is 12.3. The minimum atomic E-state index is 0.675.